The number of nitrogens with one attached hydrogen (secondary N) is 1. The lowest BCUT2D eigenvalue weighted by molar-refractivity contribution is -0.117. The van der Waals surface area contributed by atoms with Crippen molar-refractivity contribution in [2.45, 2.75) is 26.7 Å². The molecular weight excluding hydrogens is 386 g/mol. The smallest absolute Gasteiger partial charge is 0.341 e. The second-order valence-corrected chi connectivity index (χ2v) is 8.50. The molecule has 0 radical (unpaired) electrons. The van der Waals surface area contributed by atoms with E-state index in [0.29, 0.717) is 23.7 Å². The van der Waals surface area contributed by atoms with Gasteiger partial charge >= 0.3 is 5.97 Å². The van der Waals surface area contributed by atoms with Gasteiger partial charge in [-0.2, -0.15) is 0 Å². The van der Waals surface area contributed by atoms with Gasteiger partial charge in [-0.1, -0.05) is 32.0 Å². The van der Waals surface area contributed by atoms with E-state index in [2.05, 4.69) is 41.1 Å². The van der Waals surface area contributed by atoms with Gasteiger partial charge in [-0.3, -0.25) is 9.69 Å². The molecule has 1 saturated heterocycles. The lowest BCUT2D eigenvalue weighted by atomic mass is 10.1. The predicted molar refractivity (Wildman–Crippen MR) is 118 cm³/mol. The Bertz CT molecular complexity index is 827. The highest BCUT2D eigenvalue weighted by atomic mass is 32.1. The summed E-state index contributed by atoms with van der Waals surface area (Å²) in [6.45, 7) is 9.98. The molecule has 0 unspecified atom stereocenters. The zero-order valence-corrected chi connectivity index (χ0v) is 18.1. The number of benzene rings is 1. The molecule has 6 nitrogen and oxygen atoms in total. The number of rotatable bonds is 7. The number of thiophene rings is 1. The third-order valence-corrected chi connectivity index (χ3v) is 6.28. The van der Waals surface area contributed by atoms with Crippen molar-refractivity contribution < 1.29 is 14.3 Å². The van der Waals surface area contributed by atoms with Crippen LogP contribution in [0.2, 0.25) is 0 Å². The number of hydrogen-bond acceptors (Lipinski definition) is 6. The van der Waals surface area contributed by atoms with E-state index in [1.54, 1.807) is 6.92 Å². The van der Waals surface area contributed by atoms with Crippen LogP contribution in [-0.4, -0.2) is 56.1 Å². The fourth-order valence-electron chi connectivity index (χ4n) is 3.32. The summed E-state index contributed by atoms with van der Waals surface area (Å²) in [5, 5.41) is 3.52. The minimum Gasteiger partial charge on any atom is -0.462 e. The van der Waals surface area contributed by atoms with Gasteiger partial charge in [-0.05, 0) is 31.0 Å². The number of amides is 1. The van der Waals surface area contributed by atoms with Gasteiger partial charge in [-0.25, -0.2) is 4.79 Å². The highest BCUT2D eigenvalue weighted by Gasteiger charge is 2.23. The number of hydrogen-bond donors (Lipinski definition) is 1. The van der Waals surface area contributed by atoms with Crippen LogP contribution < -0.4 is 10.2 Å². The van der Waals surface area contributed by atoms with Crippen LogP contribution in [0.3, 0.4) is 0 Å². The first-order chi connectivity index (χ1) is 14.0. The summed E-state index contributed by atoms with van der Waals surface area (Å²) in [5.74, 6) is -0.201. The summed E-state index contributed by atoms with van der Waals surface area (Å²) in [4.78, 5) is 30.4. The second kappa shape index (κ2) is 9.89. The largest absolute Gasteiger partial charge is 0.462 e. The maximum absolute atomic E-state index is 12.6. The SMILES string of the molecule is CCOC(=O)c1cc(C(C)C)sc1NC(=O)CN1CCN(c2ccccc2)CC1. The molecule has 1 aliphatic rings. The van der Waals surface area contributed by atoms with E-state index in [4.69, 9.17) is 4.74 Å². The van der Waals surface area contributed by atoms with Gasteiger partial charge in [0.05, 0.1) is 18.7 Å². The molecule has 29 heavy (non-hydrogen) atoms. The van der Waals surface area contributed by atoms with Crippen LogP contribution >= 0.6 is 11.3 Å². The number of esters is 1. The quantitative estimate of drug-likeness (QED) is 0.697. The third kappa shape index (κ3) is 5.58. The highest BCUT2D eigenvalue weighted by Crippen LogP contribution is 2.33. The van der Waals surface area contributed by atoms with E-state index in [1.165, 1.54) is 17.0 Å². The number of piperazine rings is 1. The van der Waals surface area contributed by atoms with Gasteiger partial charge in [0, 0.05) is 36.7 Å². The van der Waals surface area contributed by atoms with Gasteiger partial charge in [-0.15, -0.1) is 11.3 Å². The maximum Gasteiger partial charge on any atom is 0.341 e. The molecule has 1 N–H and O–H groups in total. The second-order valence-electron chi connectivity index (χ2n) is 7.41. The Kier molecular flexibility index (Phi) is 7.28. The molecule has 1 amide bonds. The van der Waals surface area contributed by atoms with Crippen LogP contribution in [-0.2, 0) is 9.53 Å². The first kappa shape index (κ1) is 21.3. The molecule has 0 saturated carbocycles. The van der Waals surface area contributed by atoms with Crippen LogP contribution in [0.25, 0.3) is 0 Å². The van der Waals surface area contributed by atoms with E-state index in [-0.39, 0.29) is 17.8 Å². The van der Waals surface area contributed by atoms with Crippen LogP contribution in [0, 0.1) is 0 Å². The molecule has 1 aromatic heterocycles. The van der Waals surface area contributed by atoms with Crippen molar-refractivity contribution in [2.75, 3.05) is 49.5 Å². The van der Waals surface area contributed by atoms with Gasteiger partial charge in [0.1, 0.15) is 5.00 Å². The van der Waals surface area contributed by atoms with Crippen LogP contribution in [0.15, 0.2) is 36.4 Å². The normalized spacial score (nSPS) is 14.8. The average Bonchev–Trinajstić information content (AvgIpc) is 3.13. The predicted octanol–water partition coefficient (Wildman–Crippen LogP) is 3.81. The molecule has 156 valence electrons. The van der Waals surface area contributed by atoms with Crippen LogP contribution in [0.5, 0.6) is 0 Å². The molecule has 0 atom stereocenters. The van der Waals surface area contributed by atoms with Crippen molar-refractivity contribution in [1.82, 2.24) is 4.90 Å². The summed E-state index contributed by atoms with van der Waals surface area (Å²) < 4.78 is 5.15. The molecule has 2 heterocycles. The minimum atomic E-state index is -0.387. The molecule has 1 fully saturated rings. The monoisotopic (exact) mass is 415 g/mol. The highest BCUT2D eigenvalue weighted by molar-refractivity contribution is 7.16. The zero-order chi connectivity index (χ0) is 20.8. The number of nitrogens with zero attached hydrogens (tertiary/aromatic N) is 2. The first-order valence-corrected chi connectivity index (χ1v) is 10.9. The standard InChI is InChI=1S/C22H29N3O3S/c1-4-28-22(27)18-14-19(16(2)3)29-21(18)23-20(26)15-24-10-12-25(13-11-24)17-8-6-5-7-9-17/h5-9,14,16H,4,10-13,15H2,1-3H3,(H,23,26). The third-order valence-electron chi connectivity index (χ3n) is 4.93. The van der Waals surface area contributed by atoms with Crippen LogP contribution in [0.4, 0.5) is 10.7 Å². The molecule has 2 aromatic rings. The minimum absolute atomic E-state index is 0.0964. The Morgan fingerprint density at radius 3 is 2.45 bits per heavy atom. The van der Waals surface area contributed by atoms with E-state index in [0.717, 1.165) is 31.1 Å². The zero-order valence-electron chi connectivity index (χ0n) is 17.3. The van der Waals surface area contributed by atoms with E-state index in [9.17, 15) is 9.59 Å². The van der Waals surface area contributed by atoms with Crippen molar-refractivity contribution in [3.63, 3.8) is 0 Å². The Labute approximate surface area is 176 Å². The van der Waals surface area contributed by atoms with E-state index in [1.807, 2.05) is 24.3 Å². The topological polar surface area (TPSA) is 61.9 Å². The summed E-state index contributed by atoms with van der Waals surface area (Å²) in [5.41, 5.74) is 1.67. The van der Waals surface area contributed by atoms with Crippen molar-refractivity contribution >= 4 is 33.9 Å². The van der Waals surface area contributed by atoms with Crippen molar-refractivity contribution in [1.29, 1.82) is 0 Å². The van der Waals surface area contributed by atoms with Gasteiger partial charge in [0.15, 0.2) is 0 Å². The number of ether oxygens (including phenoxy) is 1. The number of carbonyl (C=O) groups is 2. The molecule has 3 rings (SSSR count). The Morgan fingerprint density at radius 2 is 1.83 bits per heavy atom. The summed E-state index contributed by atoms with van der Waals surface area (Å²) in [6.07, 6.45) is 0. The fraction of sp³-hybridized carbons (Fsp3) is 0.455. The maximum atomic E-state index is 12.6. The Balaban J connectivity index is 1.58. The van der Waals surface area contributed by atoms with E-state index >= 15 is 0 Å². The number of para-hydroxylation sites is 1. The molecule has 0 aliphatic carbocycles. The average molecular weight is 416 g/mol. The molecule has 0 bridgehead atoms. The first-order valence-electron chi connectivity index (χ1n) is 10.1. The van der Waals surface area contributed by atoms with Crippen molar-refractivity contribution in [3.05, 3.63) is 46.8 Å². The van der Waals surface area contributed by atoms with E-state index < -0.39 is 0 Å². The summed E-state index contributed by atoms with van der Waals surface area (Å²) in [6, 6.07) is 12.2. The number of carbonyl (C=O) groups excluding carboxylic acids is 2. The Hall–Kier alpha value is -2.38. The molecule has 1 aliphatic heterocycles. The molecule has 0 spiro atoms. The summed E-state index contributed by atoms with van der Waals surface area (Å²) in [7, 11) is 0. The summed E-state index contributed by atoms with van der Waals surface area (Å²) >= 11 is 1.45. The molecular formula is C22H29N3O3S. The number of anilines is 2. The lowest BCUT2D eigenvalue weighted by Crippen LogP contribution is -2.48. The van der Waals surface area contributed by atoms with Gasteiger partial charge in [0.25, 0.3) is 0 Å². The molecule has 1 aromatic carbocycles. The van der Waals surface area contributed by atoms with Crippen molar-refractivity contribution in [2.24, 2.45) is 0 Å². The van der Waals surface area contributed by atoms with Crippen LogP contribution in [0.1, 0.15) is 41.9 Å². The lowest BCUT2D eigenvalue weighted by Gasteiger charge is -2.35. The van der Waals surface area contributed by atoms with Gasteiger partial charge < -0.3 is 15.0 Å². The van der Waals surface area contributed by atoms with Crippen molar-refractivity contribution in [3.8, 4) is 0 Å². The fourth-order valence-corrected chi connectivity index (χ4v) is 4.39. The van der Waals surface area contributed by atoms with Gasteiger partial charge in [0.2, 0.25) is 5.91 Å². The molecule has 7 heteroatoms. The Morgan fingerprint density at radius 1 is 1.14 bits per heavy atom.